The molecule has 1 amide bonds. The number of aromatic nitrogens is 2. The Morgan fingerprint density at radius 2 is 1.79 bits per heavy atom. The summed E-state index contributed by atoms with van der Waals surface area (Å²) in [6, 6.07) is 15.9. The lowest BCUT2D eigenvalue weighted by Crippen LogP contribution is -2.30. The summed E-state index contributed by atoms with van der Waals surface area (Å²) in [5.41, 5.74) is 4.92. The van der Waals surface area contributed by atoms with E-state index >= 15 is 0 Å². The molecule has 120 valence electrons. The summed E-state index contributed by atoms with van der Waals surface area (Å²) in [5.74, 6) is 0.502. The van der Waals surface area contributed by atoms with Crippen molar-refractivity contribution in [1.29, 1.82) is 0 Å². The Labute approximate surface area is 144 Å². The largest absolute Gasteiger partial charge is 0.311 e. The lowest BCUT2D eigenvalue weighted by Gasteiger charge is -2.17. The highest BCUT2D eigenvalue weighted by Gasteiger charge is 2.24. The number of nitrogens with zero attached hydrogens (tertiary/aromatic N) is 3. The van der Waals surface area contributed by atoms with Crippen molar-refractivity contribution in [3.05, 3.63) is 59.8 Å². The maximum Gasteiger partial charge on any atom is 0.237 e. The number of carbonyl (C=O) groups is 1. The maximum atomic E-state index is 12.6. The summed E-state index contributed by atoms with van der Waals surface area (Å²) in [5, 5.41) is 0.828. The van der Waals surface area contributed by atoms with Crippen LogP contribution in [-0.2, 0) is 11.2 Å². The normalized spacial score (nSPS) is 13.3. The fourth-order valence-corrected chi connectivity index (χ4v) is 3.85. The van der Waals surface area contributed by atoms with Gasteiger partial charge in [0.25, 0.3) is 0 Å². The van der Waals surface area contributed by atoms with E-state index in [2.05, 4.69) is 16.0 Å². The van der Waals surface area contributed by atoms with Gasteiger partial charge in [-0.15, -0.1) is 0 Å². The van der Waals surface area contributed by atoms with Gasteiger partial charge in [-0.3, -0.25) is 4.79 Å². The summed E-state index contributed by atoms with van der Waals surface area (Å²) in [7, 11) is 0. The van der Waals surface area contributed by atoms with Crippen LogP contribution in [0.25, 0.3) is 11.0 Å². The van der Waals surface area contributed by atoms with Crippen molar-refractivity contribution in [1.82, 2.24) is 9.97 Å². The minimum atomic E-state index is 0.124. The van der Waals surface area contributed by atoms with Gasteiger partial charge >= 0.3 is 0 Å². The highest BCUT2D eigenvalue weighted by atomic mass is 32.2. The van der Waals surface area contributed by atoms with Gasteiger partial charge in [0.2, 0.25) is 5.91 Å². The summed E-state index contributed by atoms with van der Waals surface area (Å²) in [4.78, 5) is 23.7. The zero-order valence-electron chi connectivity index (χ0n) is 13.4. The van der Waals surface area contributed by atoms with E-state index in [1.54, 1.807) is 0 Å². The van der Waals surface area contributed by atoms with Crippen LogP contribution in [-0.4, -0.2) is 28.2 Å². The highest BCUT2D eigenvalue weighted by molar-refractivity contribution is 8.00. The van der Waals surface area contributed by atoms with Crippen molar-refractivity contribution in [3.63, 3.8) is 0 Å². The Hall–Kier alpha value is -2.40. The SMILES string of the molecule is Cc1nc2ccccc2nc1SCC(=O)N1CCc2ccccc21. The second-order valence-corrected chi connectivity index (χ2v) is 6.78. The monoisotopic (exact) mass is 335 g/mol. The standard InChI is InChI=1S/C19H17N3OS/c1-13-19(21-16-8-4-3-7-15(16)20-13)24-12-18(23)22-11-10-14-6-2-5-9-17(14)22/h2-9H,10-12H2,1H3. The molecule has 24 heavy (non-hydrogen) atoms. The third-order valence-corrected chi connectivity index (χ3v) is 5.27. The first-order valence-corrected chi connectivity index (χ1v) is 8.95. The van der Waals surface area contributed by atoms with Crippen LogP contribution in [0, 0.1) is 6.92 Å². The van der Waals surface area contributed by atoms with E-state index in [-0.39, 0.29) is 5.91 Å². The zero-order chi connectivity index (χ0) is 16.5. The number of benzene rings is 2. The number of anilines is 1. The third-order valence-electron chi connectivity index (χ3n) is 4.22. The van der Waals surface area contributed by atoms with Gasteiger partial charge in [0.1, 0.15) is 5.03 Å². The van der Waals surface area contributed by atoms with Crippen LogP contribution in [0.3, 0.4) is 0 Å². The quantitative estimate of drug-likeness (QED) is 0.686. The molecule has 4 nitrogen and oxygen atoms in total. The Kier molecular flexibility index (Phi) is 3.94. The van der Waals surface area contributed by atoms with Crippen molar-refractivity contribution in [2.75, 3.05) is 17.2 Å². The minimum absolute atomic E-state index is 0.124. The van der Waals surface area contributed by atoms with Crippen LogP contribution in [0.1, 0.15) is 11.3 Å². The van der Waals surface area contributed by atoms with E-state index in [1.165, 1.54) is 17.3 Å². The van der Waals surface area contributed by atoms with Crippen molar-refractivity contribution < 1.29 is 4.79 Å². The van der Waals surface area contributed by atoms with Gasteiger partial charge in [-0.05, 0) is 37.1 Å². The van der Waals surface area contributed by atoms with Crippen LogP contribution >= 0.6 is 11.8 Å². The molecule has 0 saturated heterocycles. The van der Waals surface area contributed by atoms with Gasteiger partial charge < -0.3 is 4.90 Å². The summed E-state index contributed by atoms with van der Waals surface area (Å²) in [6.07, 6.45) is 0.932. The Bertz CT molecular complexity index is 925. The fourth-order valence-electron chi connectivity index (χ4n) is 3.01. The molecule has 1 aliphatic heterocycles. The Balaban J connectivity index is 1.51. The molecule has 1 aliphatic rings. The molecule has 2 heterocycles. The molecule has 0 fully saturated rings. The summed E-state index contributed by atoms with van der Waals surface area (Å²) >= 11 is 1.47. The predicted molar refractivity (Wildman–Crippen MR) is 97.5 cm³/mol. The average molecular weight is 335 g/mol. The number of hydrogen-bond donors (Lipinski definition) is 0. The summed E-state index contributed by atoms with van der Waals surface area (Å²) < 4.78 is 0. The third kappa shape index (κ3) is 2.76. The van der Waals surface area contributed by atoms with Crippen LogP contribution in [0.15, 0.2) is 53.6 Å². The molecule has 4 rings (SSSR count). The van der Waals surface area contributed by atoms with E-state index in [0.717, 1.165) is 40.4 Å². The van der Waals surface area contributed by atoms with Crippen molar-refractivity contribution in [3.8, 4) is 0 Å². The molecule has 0 spiro atoms. The number of fused-ring (bicyclic) bond motifs is 2. The van der Waals surface area contributed by atoms with E-state index in [4.69, 9.17) is 0 Å². The first-order chi connectivity index (χ1) is 11.7. The minimum Gasteiger partial charge on any atom is -0.311 e. The molecule has 0 atom stereocenters. The number of aryl methyl sites for hydroxylation is 1. The van der Waals surface area contributed by atoms with Crippen LogP contribution < -0.4 is 4.90 Å². The molecule has 0 radical (unpaired) electrons. The highest BCUT2D eigenvalue weighted by Crippen LogP contribution is 2.29. The van der Waals surface area contributed by atoms with Gasteiger partial charge in [-0.25, -0.2) is 9.97 Å². The summed E-state index contributed by atoms with van der Waals surface area (Å²) in [6.45, 7) is 2.71. The van der Waals surface area contributed by atoms with E-state index in [9.17, 15) is 4.79 Å². The lowest BCUT2D eigenvalue weighted by atomic mass is 10.2. The first kappa shape index (κ1) is 15.1. The molecular formula is C19H17N3OS. The predicted octanol–water partition coefficient (Wildman–Crippen LogP) is 3.62. The number of para-hydroxylation sites is 3. The zero-order valence-corrected chi connectivity index (χ0v) is 14.2. The maximum absolute atomic E-state index is 12.6. The molecule has 0 unspecified atom stereocenters. The number of hydrogen-bond acceptors (Lipinski definition) is 4. The van der Waals surface area contributed by atoms with E-state index in [1.807, 2.05) is 54.3 Å². The van der Waals surface area contributed by atoms with Gasteiger partial charge in [0, 0.05) is 12.2 Å². The van der Waals surface area contributed by atoms with E-state index in [0.29, 0.717) is 5.75 Å². The lowest BCUT2D eigenvalue weighted by molar-refractivity contribution is -0.116. The molecule has 0 N–H and O–H groups in total. The molecular weight excluding hydrogens is 318 g/mol. The van der Waals surface area contributed by atoms with Gasteiger partial charge in [0.15, 0.2) is 0 Å². The average Bonchev–Trinajstić information content (AvgIpc) is 3.04. The Morgan fingerprint density at radius 1 is 1.08 bits per heavy atom. The molecule has 3 aromatic rings. The first-order valence-electron chi connectivity index (χ1n) is 7.97. The molecule has 5 heteroatoms. The number of amides is 1. The second kappa shape index (κ2) is 6.24. The number of thioether (sulfide) groups is 1. The van der Waals surface area contributed by atoms with Gasteiger partial charge in [0.05, 0.1) is 22.5 Å². The van der Waals surface area contributed by atoms with Crippen LogP contribution in [0.2, 0.25) is 0 Å². The number of rotatable bonds is 3. The van der Waals surface area contributed by atoms with Crippen LogP contribution in [0.4, 0.5) is 5.69 Å². The van der Waals surface area contributed by atoms with Gasteiger partial charge in [-0.2, -0.15) is 0 Å². The second-order valence-electron chi connectivity index (χ2n) is 5.82. The molecule has 1 aromatic heterocycles. The van der Waals surface area contributed by atoms with Crippen molar-refractivity contribution in [2.24, 2.45) is 0 Å². The molecule has 0 aliphatic carbocycles. The smallest absolute Gasteiger partial charge is 0.237 e. The van der Waals surface area contributed by atoms with Gasteiger partial charge in [-0.1, -0.05) is 42.1 Å². The number of carbonyl (C=O) groups excluding carboxylic acids is 1. The van der Waals surface area contributed by atoms with E-state index < -0.39 is 0 Å². The molecule has 0 bridgehead atoms. The Morgan fingerprint density at radius 3 is 2.62 bits per heavy atom. The topological polar surface area (TPSA) is 46.1 Å². The molecule has 0 saturated carbocycles. The van der Waals surface area contributed by atoms with Crippen molar-refractivity contribution in [2.45, 2.75) is 18.4 Å². The van der Waals surface area contributed by atoms with Crippen LogP contribution in [0.5, 0.6) is 0 Å². The fraction of sp³-hybridized carbons (Fsp3) is 0.211. The molecule has 2 aromatic carbocycles. The van der Waals surface area contributed by atoms with Crippen molar-refractivity contribution >= 4 is 34.4 Å².